The van der Waals surface area contributed by atoms with Crippen molar-refractivity contribution in [2.45, 2.75) is 77.7 Å². The lowest BCUT2D eigenvalue weighted by Gasteiger charge is -2.39. The number of nitrogens with zero attached hydrogens (tertiary/aromatic N) is 2. The summed E-state index contributed by atoms with van der Waals surface area (Å²) in [7, 11) is 0. The third-order valence-electron chi connectivity index (χ3n) is 6.95. The van der Waals surface area contributed by atoms with E-state index in [-0.39, 0.29) is 17.3 Å². The second kappa shape index (κ2) is 8.72. The van der Waals surface area contributed by atoms with Gasteiger partial charge in [-0.2, -0.15) is 0 Å². The van der Waals surface area contributed by atoms with E-state index in [2.05, 4.69) is 4.99 Å². The second-order valence-electron chi connectivity index (χ2n) is 10.2. The maximum Gasteiger partial charge on any atom is 0.315 e. The van der Waals surface area contributed by atoms with Crippen LogP contribution in [-0.4, -0.2) is 33.6 Å². The van der Waals surface area contributed by atoms with Crippen LogP contribution in [0.2, 0.25) is 0 Å². The number of hydrogen-bond donors (Lipinski definition) is 1. The molecular formula is C25H30N2O6. The number of phenols is 1. The minimum Gasteiger partial charge on any atom is -0.502 e. The Bertz CT molecular complexity index is 1060. The molecule has 1 fully saturated rings. The van der Waals surface area contributed by atoms with Gasteiger partial charge in [0.2, 0.25) is 0 Å². The zero-order chi connectivity index (χ0) is 23.9. The fourth-order valence-corrected chi connectivity index (χ4v) is 5.41. The van der Waals surface area contributed by atoms with Gasteiger partial charge in [-0.1, -0.05) is 26.3 Å². The third kappa shape index (κ3) is 4.56. The van der Waals surface area contributed by atoms with Gasteiger partial charge in [0.05, 0.1) is 4.92 Å². The first kappa shape index (κ1) is 23.1. The average Bonchev–Trinajstić information content (AvgIpc) is 2.72. The lowest BCUT2D eigenvalue weighted by molar-refractivity contribution is -0.385. The predicted octanol–water partition coefficient (Wildman–Crippen LogP) is 4.99. The summed E-state index contributed by atoms with van der Waals surface area (Å²) in [4.78, 5) is 42.3. The first-order valence-corrected chi connectivity index (χ1v) is 11.6. The standard InChI is InChI=1S/C25H30N2O6/c1-14-21(24(30)33-16-7-5-4-6-8-16)22(15-9-10-19(28)18(11-15)27(31)32)23-17(26-14)12-25(2,3)13-20(23)29/h9-11,16,21-22,28H,4-8,12-13H2,1-3H3/t21?,22-/m1/s1. The summed E-state index contributed by atoms with van der Waals surface area (Å²) < 4.78 is 5.87. The molecule has 1 N–H and O–H groups in total. The molecule has 1 unspecified atom stereocenters. The zero-order valence-electron chi connectivity index (χ0n) is 19.3. The molecule has 4 rings (SSSR count). The summed E-state index contributed by atoms with van der Waals surface area (Å²) in [6.07, 6.45) is 5.48. The molecule has 0 amide bonds. The average molecular weight is 455 g/mol. The van der Waals surface area contributed by atoms with Crippen LogP contribution in [-0.2, 0) is 14.3 Å². The molecule has 1 aromatic carbocycles. The van der Waals surface area contributed by atoms with Gasteiger partial charge in [-0.3, -0.25) is 24.7 Å². The smallest absolute Gasteiger partial charge is 0.315 e. The molecule has 176 valence electrons. The topological polar surface area (TPSA) is 119 Å². The number of nitro groups is 1. The van der Waals surface area contributed by atoms with Crippen LogP contribution >= 0.6 is 0 Å². The third-order valence-corrected chi connectivity index (χ3v) is 6.95. The molecule has 0 spiro atoms. The summed E-state index contributed by atoms with van der Waals surface area (Å²) in [5, 5.41) is 21.4. The van der Waals surface area contributed by atoms with E-state index in [1.54, 1.807) is 13.0 Å². The van der Waals surface area contributed by atoms with Crippen molar-refractivity contribution >= 4 is 23.2 Å². The molecule has 0 bridgehead atoms. The van der Waals surface area contributed by atoms with Gasteiger partial charge >= 0.3 is 11.7 Å². The van der Waals surface area contributed by atoms with Crippen LogP contribution in [0.4, 0.5) is 5.69 Å². The molecule has 1 saturated carbocycles. The Kier molecular flexibility index (Phi) is 6.12. The Hall–Kier alpha value is -3.03. The highest BCUT2D eigenvalue weighted by molar-refractivity contribution is 6.09. The van der Waals surface area contributed by atoms with Gasteiger partial charge < -0.3 is 9.84 Å². The Labute approximate surface area is 192 Å². The first-order chi connectivity index (χ1) is 15.6. The van der Waals surface area contributed by atoms with Gasteiger partial charge in [0.15, 0.2) is 11.5 Å². The molecule has 0 radical (unpaired) electrons. The number of carbonyl (C=O) groups is 2. The number of benzene rings is 1. The second-order valence-corrected chi connectivity index (χ2v) is 10.2. The van der Waals surface area contributed by atoms with Crippen molar-refractivity contribution in [1.82, 2.24) is 0 Å². The minimum atomic E-state index is -0.847. The number of carbonyl (C=O) groups excluding carboxylic acids is 2. The van der Waals surface area contributed by atoms with E-state index in [9.17, 15) is 24.8 Å². The number of ether oxygens (including phenoxy) is 1. The van der Waals surface area contributed by atoms with Crippen molar-refractivity contribution in [3.8, 4) is 5.75 Å². The Balaban J connectivity index is 1.80. The molecule has 2 aliphatic carbocycles. The summed E-state index contributed by atoms with van der Waals surface area (Å²) in [6.45, 7) is 5.76. The molecule has 8 heteroatoms. The highest BCUT2D eigenvalue weighted by atomic mass is 16.6. The number of aromatic hydroxyl groups is 1. The van der Waals surface area contributed by atoms with Crippen molar-refractivity contribution < 1.29 is 24.4 Å². The monoisotopic (exact) mass is 454 g/mol. The highest BCUT2D eigenvalue weighted by Gasteiger charge is 2.46. The summed E-state index contributed by atoms with van der Waals surface area (Å²) >= 11 is 0. The van der Waals surface area contributed by atoms with Crippen LogP contribution in [0.5, 0.6) is 5.75 Å². The van der Waals surface area contributed by atoms with Crippen LogP contribution in [0.1, 0.15) is 77.2 Å². The number of phenolic OH excluding ortho intramolecular Hbond substituents is 1. The SMILES string of the molecule is CC1=NC2=C(C(=O)CC(C)(C)C2)[C@H](c2ccc(O)c([N+](=O)[O-])c2)C1C(=O)OC1CCCCC1. The number of esters is 1. The van der Waals surface area contributed by atoms with E-state index in [1.165, 1.54) is 12.1 Å². The molecule has 8 nitrogen and oxygen atoms in total. The molecule has 33 heavy (non-hydrogen) atoms. The molecule has 3 aliphatic rings. The van der Waals surface area contributed by atoms with Gasteiger partial charge in [0.25, 0.3) is 0 Å². The van der Waals surface area contributed by atoms with Crippen molar-refractivity contribution in [2.75, 3.05) is 0 Å². The number of allylic oxidation sites excluding steroid dienone is 2. The summed E-state index contributed by atoms with van der Waals surface area (Å²) in [5.74, 6) is -2.60. The number of nitro benzene ring substituents is 1. The van der Waals surface area contributed by atoms with Crippen LogP contribution in [0.3, 0.4) is 0 Å². The van der Waals surface area contributed by atoms with E-state index in [0.717, 1.165) is 32.1 Å². The van der Waals surface area contributed by atoms with Crippen molar-refractivity contribution in [2.24, 2.45) is 16.3 Å². The van der Waals surface area contributed by atoms with Crippen LogP contribution in [0, 0.1) is 21.4 Å². The molecule has 1 aromatic rings. The van der Waals surface area contributed by atoms with Crippen molar-refractivity contribution in [1.29, 1.82) is 0 Å². The normalized spacial score (nSPS) is 25.3. The Morgan fingerprint density at radius 2 is 1.91 bits per heavy atom. The molecule has 1 aliphatic heterocycles. The fourth-order valence-electron chi connectivity index (χ4n) is 5.41. The number of Topliss-reactive ketones (excluding diaryl/α,β-unsaturated/α-hetero) is 1. The van der Waals surface area contributed by atoms with Gasteiger partial charge in [0.1, 0.15) is 12.0 Å². The van der Waals surface area contributed by atoms with E-state index in [4.69, 9.17) is 4.74 Å². The van der Waals surface area contributed by atoms with E-state index in [0.29, 0.717) is 35.4 Å². The van der Waals surface area contributed by atoms with Crippen LogP contribution in [0.25, 0.3) is 0 Å². The van der Waals surface area contributed by atoms with Crippen molar-refractivity contribution in [3.05, 3.63) is 45.1 Å². The summed E-state index contributed by atoms with van der Waals surface area (Å²) in [6, 6.07) is 4.05. The largest absolute Gasteiger partial charge is 0.502 e. The van der Waals surface area contributed by atoms with Gasteiger partial charge in [-0.15, -0.1) is 0 Å². The number of rotatable bonds is 4. The minimum absolute atomic E-state index is 0.103. The lowest BCUT2D eigenvalue weighted by atomic mass is 9.67. The highest BCUT2D eigenvalue weighted by Crippen LogP contribution is 2.49. The predicted molar refractivity (Wildman–Crippen MR) is 122 cm³/mol. The molecular weight excluding hydrogens is 424 g/mol. The molecule has 2 atom stereocenters. The van der Waals surface area contributed by atoms with Crippen molar-refractivity contribution in [3.63, 3.8) is 0 Å². The van der Waals surface area contributed by atoms with Gasteiger partial charge in [-0.25, -0.2) is 0 Å². The quantitative estimate of drug-likeness (QED) is 0.389. The van der Waals surface area contributed by atoms with Crippen LogP contribution < -0.4 is 0 Å². The van der Waals surface area contributed by atoms with Crippen LogP contribution in [0.15, 0.2) is 34.5 Å². The number of aliphatic imine (C=N–C) groups is 1. The number of hydrogen-bond acceptors (Lipinski definition) is 7. The fraction of sp³-hybridized carbons (Fsp3) is 0.560. The number of ketones is 1. The lowest BCUT2D eigenvalue weighted by Crippen LogP contribution is -2.40. The first-order valence-electron chi connectivity index (χ1n) is 11.6. The molecule has 1 heterocycles. The van der Waals surface area contributed by atoms with E-state index >= 15 is 0 Å². The Morgan fingerprint density at radius 1 is 1.21 bits per heavy atom. The van der Waals surface area contributed by atoms with E-state index in [1.807, 2.05) is 13.8 Å². The van der Waals surface area contributed by atoms with Gasteiger partial charge in [0, 0.05) is 35.4 Å². The van der Waals surface area contributed by atoms with E-state index < -0.39 is 34.2 Å². The zero-order valence-corrected chi connectivity index (χ0v) is 19.3. The maximum atomic E-state index is 13.4. The van der Waals surface area contributed by atoms with Gasteiger partial charge in [-0.05, 0) is 56.1 Å². The summed E-state index contributed by atoms with van der Waals surface area (Å²) in [5.41, 5.74) is 1.32. The Morgan fingerprint density at radius 3 is 2.58 bits per heavy atom. The molecule has 0 saturated heterocycles. The maximum absolute atomic E-state index is 13.4. The molecule has 0 aromatic heterocycles.